The highest BCUT2D eigenvalue weighted by Crippen LogP contribution is 2.36. The van der Waals surface area contributed by atoms with Crippen molar-refractivity contribution in [3.05, 3.63) is 108 Å². The molecular weight excluding hydrogens is 681 g/mol. The first-order valence-electron chi connectivity index (χ1n) is 20.0. The minimum atomic E-state index is -0.896. The van der Waals surface area contributed by atoms with Crippen molar-refractivity contribution in [2.75, 3.05) is 72.2 Å². The number of aliphatic hydroxyl groups is 4. The number of carbonyl (C=O) groups is 1. The zero-order valence-corrected chi connectivity index (χ0v) is 32.2. The average molecular weight is 745 g/mol. The minimum absolute atomic E-state index is 0.125. The molecule has 5 saturated heterocycles. The van der Waals surface area contributed by atoms with Crippen LogP contribution in [0, 0.1) is 0 Å². The van der Waals surface area contributed by atoms with Gasteiger partial charge in [-0.2, -0.15) is 0 Å². The Balaban J connectivity index is 0.000000141. The van der Waals surface area contributed by atoms with Crippen molar-refractivity contribution in [2.45, 2.75) is 87.8 Å². The monoisotopic (exact) mass is 744 g/mol. The SMILES string of the molecule is O=C1CCCN(Cc2ccccc2)C1.OCC1(O)CCCN(Cc2ccccc2)C1.OCC1(O)CCCNC1.c1ccc(CN2CCCC3(CO3)C2)cc1. The second-order valence-corrected chi connectivity index (χ2v) is 16.0. The van der Waals surface area contributed by atoms with Gasteiger partial charge in [-0.05, 0) is 87.8 Å². The van der Waals surface area contributed by atoms with E-state index in [4.69, 9.17) is 14.9 Å². The molecule has 0 aliphatic carbocycles. The Labute approximate surface area is 322 Å². The third kappa shape index (κ3) is 14.6. The van der Waals surface area contributed by atoms with E-state index < -0.39 is 11.2 Å². The number of ketones is 1. The van der Waals surface area contributed by atoms with Crippen LogP contribution in [0.5, 0.6) is 0 Å². The van der Waals surface area contributed by atoms with Gasteiger partial charge in [-0.1, -0.05) is 91.0 Å². The first-order valence-corrected chi connectivity index (χ1v) is 20.0. The van der Waals surface area contributed by atoms with E-state index in [0.717, 1.165) is 84.5 Å². The molecule has 8 rings (SSSR count). The first kappa shape index (κ1) is 42.1. The highest BCUT2D eigenvalue weighted by molar-refractivity contribution is 5.81. The number of carbonyl (C=O) groups excluding carboxylic acids is 1. The van der Waals surface area contributed by atoms with E-state index in [1.54, 1.807) is 0 Å². The highest BCUT2D eigenvalue weighted by Gasteiger charge is 2.47. The zero-order chi connectivity index (χ0) is 38.1. The Bertz CT molecular complexity index is 1490. The molecule has 5 heterocycles. The van der Waals surface area contributed by atoms with Crippen molar-refractivity contribution in [3.8, 4) is 0 Å². The lowest BCUT2D eigenvalue weighted by molar-refractivity contribution is -0.122. The van der Waals surface area contributed by atoms with Gasteiger partial charge >= 0.3 is 0 Å². The predicted octanol–water partition coefficient (Wildman–Crippen LogP) is 4.00. The smallest absolute Gasteiger partial charge is 0.146 e. The van der Waals surface area contributed by atoms with Crippen LogP contribution in [0.4, 0.5) is 0 Å². The van der Waals surface area contributed by atoms with Crippen LogP contribution in [0.15, 0.2) is 91.0 Å². The topological polar surface area (TPSA) is 132 Å². The molecule has 0 bridgehead atoms. The third-order valence-electron chi connectivity index (χ3n) is 10.9. The number of nitrogens with zero attached hydrogens (tertiary/aromatic N) is 3. The molecule has 54 heavy (non-hydrogen) atoms. The summed E-state index contributed by atoms with van der Waals surface area (Å²) in [5, 5.41) is 40.2. The average Bonchev–Trinajstić information content (AvgIpc) is 3.94. The van der Waals surface area contributed by atoms with Crippen LogP contribution in [0.25, 0.3) is 0 Å². The number of rotatable bonds is 8. The molecule has 0 saturated carbocycles. The van der Waals surface area contributed by atoms with Crippen LogP contribution in [-0.4, -0.2) is 130 Å². The molecular formula is C44H64N4O6. The van der Waals surface area contributed by atoms with Crippen molar-refractivity contribution >= 4 is 5.78 Å². The van der Waals surface area contributed by atoms with Gasteiger partial charge in [0.05, 0.1) is 26.4 Å². The zero-order valence-electron chi connectivity index (χ0n) is 32.2. The van der Waals surface area contributed by atoms with Crippen molar-refractivity contribution in [3.63, 3.8) is 0 Å². The number of likely N-dealkylation sites (tertiary alicyclic amines) is 3. The van der Waals surface area contributed by atoms with Crippen LogP contribution in [0.3, 0.4) is 0 Å². The van der Waals surface area contributed by atoms with Crippen LogP contribution >= 0.6 is 0 Å². The number of hydrogen-bond donors (Lipinski definition) is 5. The summed E-state index contributed by atoms with van der Waals surface area (Å²) in [6.07, 6.45) is 7.66. The van der Waals surface area contributed by atoms with E-state index in [0.29, 0.717) is 31.8 Å². The number of ether oxygens (including phenoxy) is 1. The van der Waals surface area contributed by atoms with Crippen LogP contribution in [-0.2, 0) is 29.2 Å². The normalized spacial score (nSPS) is 27.4. The number of benzene rings is 3. The molecule has 5 aliphatic heterocycles. The van der Waals surface area contributed by atoms with Crippen molar-refractivity contribution < 1.29 is 30.0 Å². The molecule has 3 atom stereocenters. The predicted molar refractivity (Wildman–Crippen MR) is 213 cm³/mol. The molecule has 10 nitrogen and oxygen atoms in total. The molecule has 296 valence electrons. The van der Waals surface area contributed by atoms with E-state index in [-0.39, 0.29) is 18.8 Å². The quantitative estimate of drug-likeness (QED) is 0.216. The minimum Gasteiger partial charge on any atom is -0.393 e. The number of piperidine rings is 4. The Morgan fingerprint density at radius 2 is 1.09 bits per heavy atom. The number of Topliss-reactive ketones (excluding diaryl/α,β-unsaturated/α-hetero) is 1. The maximum absolute atomic E-state index is 11.2. The molecule has 0 aromatic heterocycles. The van der Waals surface area contributed by atoms with Gasteiger partial charge in [0.1, 0.15) is 22.6 Å². The van der Waals surface area contributed by atoms with E-state index in [9.17, 15) is 15.0 Å². The van der Waals surface area contributed by atoms with Gasteiger partial charge in [0.25, 0.3) is 0 Å². The molecule has 3 aromatic carbocycles. The standard InChI is InChI=1S/C13H19NO2.C13H17NO.C12H15NO.C6H13NO2/c15-11-13(16)7-4-8-14(10-13)9-12-5-2-1-3-6-12;1-2-5-12(6-3-1)9-14-8-4-7-13(10-14)11-15-13;14-12-7-4-8-13(10-12)9-11-5-2-1-3-6-11;8-5-6(9)2-1-3-7-4-6/h1-3,5-6,15-16H,4,7-11H2;1-3,5-6H,4,7-11H2;1-3,5-6H,4,7-10H2;7-9H,1-5H2. The molecule has 5 aliphatic rings. The fourth-order valence-corrected chi connectivity index (χ4v) is 7.79. The lowest BCUT2D eigenvalue weighted by atomic mass is 9.93. The summed E-state index contributed by atoms with van der Waals surface area (Å²) in [5.41, 5.74) is 2.49. The van der Waals surface area contributed by atoms with Crippen molar-refractivity contribution in [1.82, 2.24) is 20.0 Å². The summed E-state index contributed by atoms with van der Waals surface area (Å²) in [6, 6.07) is 31.3. The Morgan fingerprint density at radius 3 is 1.56 bits per heavy atom. The summed E-state index contributed by atoms with van der Waals surface area (Å²) in [6.45, 7) is 10.6. The fraction of sp³-hybridized carbons (Fsp3) is 0.568. The Kier molecular flexibility index (Phi) is 16.6. The molecule has 3 aromatic rings. The van der Waals surface area contributed by atoms with E-state index in [1.807, 2.05) is 36.4 Å². The van der Waals surface area contributed by atoms with Gasteiger partial charge in [0, 0.05) is 45.7 Å². The fourth-order valence-electron chi connectivity index (χ4n) is 7.79. The summed E-state index contributed by atoms with van der Waals surface area (Å²) in [5.74, 6) is 0.382. The maximum atomic E-state index is 11.2. The van der Waals surface area contributed by atoms with E-state index >= 15 is 0 Å². The van der Waals surface area contributed by atoms with Crippen LogP contribution < -0.4 is 5.32 Å². The maximum Gasteiger partial charge on any atom is 0.146 e. The van der Waals surface area contributed by atoms with E-state index in [1.165, 1.54) is 36.1 Å². The third-order valence-corrected chi connectivity index (χ3v) is 10.9. The Hall–Kier alpha value is -3.03. The lowest BCUT2D eigenvalue weighted by Crippen LogP contribution is -2.49. The molecule has 3 unspecified atom stereocenters. The molecule has 5 fully saturated rings. The van der Waals surface area contributed by atoms with Crippen LogP contribution in [0.2, 0.25) is 0 Å². The largest absolute Gasteiger partial charge is 0.393 e. The van der Waals surface area contributed by atoms with Gasteiger partial charge in [-0.15, -0.1) is 0 Å². The number of nitrogens with one attached hydrogen (secondary N) is 1. The highest BCUT2D eigenvalue weighted by atomic mass is 16.6. The first-order chi connectivity index (χ1) is 26.2. The summed E-state index contributed by atoms with van der Waals surface area (Å²) < 4.78 is 5.56. The molecule has 0 radical (unpaired) electrons. The van der Waals surface area contributed by atoms with Gasteiger partial charge in [0.2, 0.25) is 0 Å². The van der Waals surface area contributed by atoms with Crippen LogP contribution in [0.1, 0.15) is 68.1 Å². The number of hydrogen-bond acceptors (Lipinski definition) is 10. The van der Waals surface area contributed by atoms with Gasteiger partial charge in [-0.25, -0.2) is 0 Å². The molecule has 0 amide bonds. The Morgan fingerprint density at radius 1 is 0.611 bits per heavy atom. The molecule has 10 heteroatoms. The number of β-amino-alcohol motifs (C(OH)–C–C–N with tert-alkyl or cyclic N) is 2. The van der Waals surface area contributed by atoms with Crippen molar-refractivity contribution in [2.24, 2.45) is 0 Å². The summed E-state index contributed by atoms with van der Waals surface area (Å²) in [4.78, 5) is 18.2. The summed E-state index contributed by atoms with van der Waals surface area (Å²) in [7, 11) is 0. The van der Waals surface area contributed by atoms with Gasteiger partial charge < -0.3 is 30.5 Å². The molecule has 1 spiro atoms. The summed E-state index contributed by atoms with van der Waals surface area (Å²) >= 11 is 0. The lowest BCUT2D eigenvalue weighted by Gasteiger charge is -2.38. The number of epoxide rings is 1. The van der Waals surface area contributed by atoms with Gasteiger partial charge in [-0.3, -0.25) is 19.5 Å². The van der Waals surface area contributed by atoms with E-state index in [2.05, 4.69) is 74.6 Å². The van der Waals surface area contributed by atoms with Crippen molar-refractivity contribution in [1.29, 1.82) is 0 Å². The molecule has 5 N–H and O–H groups in total. The second-order valence-electron chi connectivity index (χ2n) is 16.0. The second kappa shape index (κ2) is 21.3. The number of aliphatic hydroxyl groups excluding tert-OH is 2. The van der Waals surface area contributed by atoms with Gasteiger partial charge in [0.15, 0.2) is 0 Å².